The van der Waals surface area contributed by atoms with E-state index in [1.807, 2.05) is 61.5 Å². The summed E-state index contributed by atoms with van der Waals surface area (Å²) in [6.07, 6.45) is 2.31. The zero-order chi connectivity index (χ0) is 20.7. The topological polar surface area (TPSA) is 68.3 Å². The number of nitrogens with one attached hydrogen (secondary N) is 1. The summed E-state index contributed by atoms with van der Waals surface area (Å²) >= 11 is 1.58. The number of aromatic nitrogens is 1. The number of para-hydroxylation sites is 1. The first-order chi connectivity index (χ1) is 14.0. The van der Waals surface area contributed by atoms with Gasteiger partial charge in [-0.25, -0.2) is 4.98 Å². The first-order valence-corrected chi connectivity index (χ1v) is 10.7. The fourth-order valence-electron chi connectivity index (χ4n) is 3.14. The van der Waals surface area contributed by atoms with Crippen LogP contribution in [0.15, 0.2) is 54.6 Å². The molecular formula is C23H26N2O3S. The summed E-state index contributed by atoms with van der Waals surface area (Å²) < 4.78 is 6.51. The summed E-state index contributed by atoms with van der Waals surface area (Å²) in [6.45, 7) is 4.23. The van der Waals surface area contributed by atoms with Gasteiger partial charge in [0.15, 0.2) is 6.61 Å². The fourth-order valence-corrected chi connectivity index (χ4v) is 4.27. The molecule has 2 aromatic carbocycles. The minimum Gasteiger partial charge on any atom is -0.455 e. The monoisotopic (exact) mass is 410 g/mol. The minimum absolute atomic E-state index is 0.273. The highest BCUT2D eigenvalue weighted by molar-refractivity contribution is 7.18. The van der Waals surface area contributed by atoms with Crippen molar-refractivity contribution in [3.63, 3.8) is 0 Å². The lowest BCUT2D eigenvalue weighted by Gasteiger charge is -2.27. The lowest BCUT2D eigenvalue weighted by Crippen LogP contribution is -2.39. The van der Waals surface area contributed by atoms with Crippen LogP contribution in [0.2, 0.25) is 0 Å². The van der Waals surface area contributed by atoms with Gasteiger partial charge in [0.25, 0.3) is 5.91 Å². The van der Waals surface area contributed by atoms with Crippen molar-refractivity contribution in [2.24, 2.45) is 0 Å². The van der Waals surface area contributed by atoms with E-state index in [1.54, 1.807) is 11.3 Å². The molecule has 5 nitrogen and oxygen atoms in total. The molecule has 29 heavy (non-hydrogen) atoms. The lowest BCUT2D eigenvalue weighted by molar-refractivity contribution is -0.154. The first kappa shape index (κ1) is 21.0. The number of benzene rings is 2. The number of unbranched alkanes of at least 4 members (excludes halogenated alkanes) is 1. The zero-order valence-electron chi connectivity index (χ0n) is 16.8. The van der Waals surface area contributed by atoms with Gasteiger partial charge >= 0.3 is 5.97 Å². The van der Waals surface area contributed by atoms with Crippen molar-refractivity contribution in [1.29, 1.82) is 0 Å². The molecule has 152 valence electrons. The van der Waals surface area contributed by atoms with Gasteiger partial charge in [0.1, 0.15) is 0 Å². The van der Waals surface area contributed by atoms with E-state index in [0.29, 0.717) is 13.0 Å². The van der Waals surface area contributed by atoms with E-state index >= 15 is 0 Å². The Labute approximate surface area is 175 Å². The fraction of sp³-hybridized carbons (Fsp3) is 0.348. The average molecular weight is 411 g/mol. The molecule has 0 saturated heterocycles. The maximum Gasteiger partial charge on any atom is 0.317 e. The van der Waals surface area contributed by atoms with Gasteiger partial charge in [-0.2, -0.15) is 0 Å². The molecule has 1 atom stereocenters. The molecule has 0 saturated carbocycles. The highest BCUT2D eigenvalue weighted by Gasteiger charge is 2.38. The third kappa shape index (κ3) is 5.21. The van der Waals surface area contributed by atoms with Gasteiger partial charge in [0, 0.05) is 13.0 Å². The molecule has 3 aromatic rings. The highest BCUT2D eigenvalue weighted by atomic mass is 32.1. The third-order valence-corrected chi connectivity index (χ3v) is 5.93. The van der Waals surface area contributed by atoms with Crippen LogP contribution in [0.5, 0.6) is 0 Å². The van der Waals surface area contributed by atoms with Crippen LogP contribution in [-0.4, -0.2) is 30.0 Å². The molecule has 0 fully saturated rings. The first-order valence-electron chi connectivity index (χ1n) is 9.87. The van der Waals surface area contributed by atoms with Crippen molar-refractivity contribution in [3.8, 4) is 0 Å². The zero-order valence-corrected chi connectivity index (χ0v) is 17.6. The third-order valence-electron chi connectivity index (χ3n) is 4.89. The number of carbonyl (C=O) groups is 2. The number of hydrogen-bond donors (Lipinski definition) is 1. The van der Waals surface area contributed by atoms with Gasteiger partial charge in [0.05, 0.1) is 20.6 Å². The normalized spacial score (nSPS) is 13.0. The summed E-state index contributed by atoms with van der Waals surface area (Å²) in [6, 6.07) is 17.5. The van der Waals surface area contributed by atoms with Crippen molar-refractivity contribution < 1.29 is 14.3 Å². The van der Waals surface area contributed by atoms with Crippen LogP contribution in [-0.2, 0) is 26.2 Å². The quantitative estimate of drug-likeness (QED) is 0.423. The van der Waals surface area contributed by atoms with E-state index in [9.17, 15) is 9.59 Å². The van der Waals surface area contributed by atoms with Crippen molar-refractivity contribution in [3.05, 3.63) is 65.2 Å². The maximum absolute atomic E-state index is 13.1. The van der Waals surface area contributed by atoms with Crippen LogP contribution in [0.1, 0.15) is 37.3 Å². The number of thiazole rings is 1. The van der Waals surface area contributed by atoms with Gasteiger partial charge in [-0.15, -0.1) is 11.3 Å². The Hall–Kier alpha value is -2.73. The lowest BCUT2D eigenvalue weighted by atomic mass is 9.79. The van der Waals surface area contributed by atoms with Gasteiger partial charge in [-0.1, -0.05) is 55.8 Å². The Balaban J connectivity index is 1.78. The molecule has 3 rings (SSSR count). The van der Waals surface area contributed by atoms with E-state index in [-0.39, 0.29) is 12.5 Å². The standard InChI is InChI=1S/C23H26N2O3S/c1-3-4-14-24-20(26)16-28-22(27)23(2,17-10-6-5-7-11-17)15-21-25-18-12-8-9-13-19(18)29-21/h5-13H,3-4,14-16H2,1-2H3,(H,24,26)/t23-/m1/s1. The number of carbonyl (C=O) groups excluding carboxylic acids is 2. The Morgan fingerprint density at radius 1 is 1.10 bits per heavy atom. The van der Waals surface area contributed by atoms with Crippen LogP contribution < -0.4 is 5.32 Å². The summed E-state index contributed by atoms with van der Waals surface area (Å²) in [4.78, 5) is 29.7. The summed E-state index contributed by atoms with van der Waals surface area (Å²) in [5.74, 6) is -0.698. The van der Waals surface area contributed by atoms with Crippen molar-refractivity contribution in [2.45, 2.75) is 38.5 Å². The Kier molecular flexibility index (Phi) is 6.99. The molecule has 0 spiro atoms. The summed E-state index contributed by atoms with van der Waals surface area (Å²) in [5, 5.41) is 3.63. The van der Waals surface area contributed by atoms with Gasteiger partial charge < -0.3 is 10.1 Å². The van der Waals surface area contributed by atoms with E-state index in [4.69, 9.17) is 4.74 Å². The second kappa shape index (κ2) is 9.65. The number of amides is 1. The van der Waals surface area contributed by atoms with Crippen LogP contribution in [0.4, 0.5) is 0 Å². The van der Waals surface area contributed by atoms with Crippen LogP contribution in [0.3, 0.4) is 0 Å². The van der Waals surface area contributed by atoms with Crippen LogP contribution in [0, 0.1) is 0 Å². The second-order valence-electron chi connectivity index (χ2n) is 7.23. The minimum atomic E-state index is -0.932. The number of nitrogens with zero attached hydrogens (tertiary/aromatic N) is 1. The smallest absolute Gasteiger partial charge is 0.317 e. The number of rotatable bonds is 9. The predicted octanol–water partition coefficient (Wildman–Crippen LogP) is 4.26. The number of ether oxygens (including phenoxy) is 1. The second-order valence-corrected chi connectivity index (χ2v) is 8.35. The molecule has 1 aromatic heterocycles. The highest BCUT2D eigenvalue weighted by Crippen LogP contribution is 2.33. The predicted molar refractivity (Wildman–Crippen MR) is 116 cm³/mol. The number of fused-ring (bicyclic) bond motifs is 1. The molecule has 1 heterocycles. The molecular weight excluding hydrogens is 384 g/mol. The Morgan fingerprint density at radius 3 is 2.55 bits per heavy atom. The van der Waals surface area contributed by atoms with Gasteiger partial charge in [-0.3, -0.25) is 9.59 Å². The molecule has 1 amide bonds. The Morgan fingerprint density at radius 2 is 1.83 bits per heavy atom. The molecule has 0 unspecified atom stereocenters. The van der Waals surface area contributed by atoms with Crippen molar-refractivity contribution in [2.75, 3.05) is 13.2 Å². The summed E-state index contributed by atoms with van der Waals surface area (Å²) in [5.41, 5.74) is 0.834. The molecule has 0 radical (unpaired) electrons. The van der Waals surface area contributed by atoms with E-state index in [1.165, 1.54) is 0 Å². The van der Waals surface area contributed by atoms with Crippen LogP contribution >= 0.6 is 11.3 Å². The maximum atomic E-state index is 13.1. The molecule has 0 aliphatic carbocycles. The Bertz CT molecular complexity index is 937. The largest absolute Gasteiger partial charge is 0.455 e. The number of esters is 1. The molecule has 1 N–H and O–H groups in total. The molecule has 6 heteroatoms. The molecule has 0 aliphatic heterocycles. The molecule has 0 bridgehead atoms. The number of hydrogen-bond acceptors (Lipinski definition) is 5. The van der Waals surface area contributed by atoms with Gasteiger partial charge in [-0.05, 0) is 31.0 Å². The van der Waals surface area contributed by atoms with Gasteiger partial charge in [0.2, 0.25) is 0 Å². The average Bonchev–Trinajstić information content (AvgIpc) is 3.14. The van der Waals surface area contributed by atoms with E-state index in [0.717, 1.165) is 33.6 Å². The molecule has 0 aliphatic rings. The summed E-state index contributed by atoms with van der Waals surface area (Å²) in [7, 11) is 0. The van der Waals surface area contributed by atoms with Crippen molar-refractivity contribution >= 4 is 33.4 Å². The van der Waals surface area contributed by atoms with E-state index < -0.39 is 11.4 Å². The van der Waals surface area contributed by atoms with Crippen molar-refractivity contribution in [1.82, 2.24) is 10.3 Å². The van der Waals surface area contributed by atoms with E-state index in [2.05, 4.69) is 17.2 Å². The van der Waals surface area contributed by atoms with Crippen LogP contribution in [0.25, 0.3) is 10.2 Å². The SMILES string of the molecule is CCCCNC(=O)COC(=O)[C@](C)(Cc1nc2ccccc2s1)c1ccccc1.